The van der Waals surface area contributed by atoms with Gasteiger partial charge in [0, 0.05) is 29.7 Å². The second-order valence-corrected chi connectivity index (χ2v) is 5.84. The highest BCUT2D eigenvalue weighted by atomic mass is 19.1. The number of hydrogen-bond acceptors (Lipinski definition) is 5. The second-order valence-electron chi connectivity index (χ2n) is 5.84. The summed E-state index contributed by atoms with van der Waals surface area (Å²) in [4.78, 5) is 24.9. The molecule has 26 heavy (non-hydrogen) atoms. The quantitative estimate of drug-likeness (QED) is 0.737. The predicted molar refractivity (Wildman–Crippen MR) is 98.3 cm³/mol. The molecule has 0 bridgehead atoms. The van der Waals surface area contributed by atoms with Crippen LogP contribution in [0.5, 0.6) is 0 Å². The molecule has 2 N–H and O–H groups in total. The molecule has 0 aliphatic heterocycles. The molecule has 2 heterocycles. The van der Waals surface area contributed by atoms with Gasteiger partial charge in [-0.3, -0.25) is 9.78 Å². The van der Waals surface area contributed by atoms with Crippen molar-refractivity contribution in [3.8, 4) is 11.4 Å². The van der Waals surface area contributed by atoms with E-state index in [1.807, 2.05) is 13.0 Å². The third-order valence-electron chi connectivity index (χ3n) is 3.60. The number of rotatable bonds is 5. The van der Waals surface area contributed by atoms with E-state index in [4.69, 9.17) is 0 Å². The number of hydrogen-bond donors (Lipinski definition) is 2. The molecule has 0 unspecified atom stereocenters. The van der Waals surface area contributed by atoms with Gasteiger partial charge in [-0.05, 0) is 43.7 Å². The zero-order valence-corrected chi connectivity index (χ0v) is 14.5. The summed E-state index contributed by atoms with van der Waals surface area (Å²) in [5.41, 5.74) is 2.48. The number of nitrogens with zero attached hydrogens (tertiary/aromatic N) is 3. The average molecular weight is 351 g/mol. The van der Waals surface area contributed by atoms with E-state index in [1.165, 1.54) is 12.1 Å². The third kappa shape index (κ3) is 4.38. The summed E-state index contributed by atoms with van der Waals surface area (Å²) in [6.07, 6.45) is 3.35. The predicted octanol–water partition coefficient (Wildman–Crippen LogP) is 3.35. The van der Waals surface area contributed by atoms with E-state index < -0.39 is 5.82 Å². The topological polar surface area (TPSA) is 79.8 Å². The Kier molecular flexibility index (Phi) is 5.17. The van der Waals surface area contributed by atoms with Gasteiger partial charge in [0.05, 0.1) is 12.2 Å². The number of halogens is 1. The smallest absolute Gasteiger partial charge is 0.243 e. The summed E-state index contributed by atoms with van der Waals surface area (Å²) >= 11 is 0. The molecule has 0 atom stereocenters. The maximum absolute atomic E-state index is 13.8. The SMILES string of the molecule is Cc1ccc(NC(=O)CNc2cc(C)nc(-c3cccnc3)n2)c(F)c1. The van der Waals surface area contributed by atoms with Crippen molar-refractivity contribution in [3.63, 3.8) is 0 Å². The summed E-state index contributed by atoms with van der Waals surface area (Å²) in [6, 6.07) is 10.0. The molecule has 1 amide bonds. The van der Waals surface area contributed by atoms with Gasteiger partial charge in [-0.1, -0.05) is 6.07 Å². The molecular weight excluding hydrogens is 333 g/mol. The van der Waals surface area contributed by atoms with Crippen LogP contribution in [-0.2, 0) is 4.79 Å². The van der Waals surface area contributed by atoms with E-state index in [2.05, 4.69) is 25.6 Å². The van der Waals surface area contributed by atoms with Crippen LogP contribution in [0.3, 0.4) is 0 Å². The summed E-state index contributed by atoms with van der Waals surface area (Å²) in [7, 11) is 0. The van der Waals surface area contributed by atoms with Gasteiger partial charge < -0.3 is 10.6 Å². The minimum atomic E-state index is -0.463. The van der Waals surface area contributed by atoms with Crippen LogP contribution in [0.4, 0.5) is 15.9 Å². The fraction of sp³-hybridized carbons (Fsp3) is 0.158. The number of pyridine rings is 1. The maximum Gasteiger partial charge on any atom is 0.243 e. The Bertz CT molecular complexity index is 930. The van der Waals surface area contributed by atoms with Crippen LogP contribution in [0, 0.1) is 19.7 Å². The van der Waals surface area contributed by atoms with Gasteiger partial charge in [0.25, 0.3) is 0 Å². The fourth-order valence-corrected chi connectivity index (χ4v) is 2.37. The van der Waals surface area contributed by atoms with Crippen molar-refractivity contribution in [2.45, 2.75) is 13.8 Å². The number of amides is 1. The molecule has 132 valence electrons. The molecule has 0 spiro atoms. The lowest BCUT2D eigenvalue weighted by molar-refractivity contribution is -0.114. The highest BCUT2D eigenvalue weighted by Crippen LogP contribution is 2.17. The first kappa shape index (κ1) is 17.5. The summed E-state index contributed by atoms with van der Waals surface area (Å²) < 4.78 is 13.8. The van der Waals surface area contributed by atoms with Crippen LogP contribution >= 0.6 is 0 Å². The standard InChI is InChI=1S/C19H18FN5O/c1-12-5-6-16(15(20)8-12)24-18(26)11-22-17-9-13(2)23-19(25-17)14-4-3-7-21-10-14/h3-10H,11H2,1-2H3,(H,24,26)(H,22,23,25). The molecule has 7 heteroatoms. The Morgan fingerprint density at radius 1 is 1.15 bits per heavy atom. The van der Waals surface area contributed by atoms with Crippen molar-refractivity contribution < 1.29 is 9.18 Å². The Morgan fingerprint density at radius 2 is 2.00 bits per heavy atom. The molecule has 0 fully saturated rings. The first-order chi connectivity index (χ1) is 12.5. The van der Waals surface area contributed by atoms with E-state index >= 15 is 0 Å². The molecule has 0 aliphatic rings. The monoisotopic (exact) mass is 351 g/mol. The lowest BCUT2D eigenvalue weighted by Crippen LogP contribution is -2.23. The molecule has 0 saturated carbocycles. The fourth-order valence-electron chi connectivity index (χ4n) is 2.37. The number of carbonyl (C=O) groups is 1. The van der Waals surface area contributed by atoms with Crippen molar-refractivity contribution in [2.24, 2.45) is 0 Å². The molecule has 3 aromatic rings. The van der Waals surface area contributed by atoms with E-state index in [1.54, 1.807) is 37.5 Å². The van der Waals surface area contributed by atoms with Crippen molar-refractivity contribution >= 4 is 17.4 Å². The van der Waals surface area contributed by atoms with Gasteiger partial charge in [0.1, 0.15) is 11.6 Å². The van der Waals surface area contributed by atoms with Crippen LogP contribution in [0.1, 0.15) is 11.3 Å². The zero-order chi connectivity index (χ0) is 18.5. The van der Waals surface area contributed by atoms with Gasteiger partial charge in [-0.2, -0.15) is 0 Å². The average Bonchev–Trinajstić information content (AvgIpc) is 2.63. The number of carbonyl (C=O) groups excluding carboxylic acids is 1. The van der Waals surface area contributed by atoms with Gasteiger partial charge >= 0.3 is 0 Å². The minimum absolute atomic E-state index is 0.0454. The first-order valence-electron chi connectivity index (χ1n) is 8.07. The Morgan fingerprint density at radius 3 is 2.73 bits per heavy atom. The van der Waals surface area contributed by atoms with E-state index in [9.17, 15) is 9.18 Å². The summed E-state index contributed by atoms with van der Waals surface area (Å²) in [5, 5.41) is 5.48. The zero-order valence-electron chi connectivity index (χ0n) is 14.5. The molecule has 1 aromatic carbocycles. The largest absolute Gasteiger partial charge is 0.361 e. The second kappa shape index (κ2) is 7.69. The van der Waals surface area contributed by atoms with Gasteiger partial charge in [-0.25, -0.2) is 14.4 Å². The number of nitrogens with one attached hydrogen (secondary N) is 2. The van der Waals surface area contributed by atoms with Crippen LogP contribution in [0.15, 0.2) is 48.8 Å². The minimum Gasteiger partial charge on any atom is -0.361 e. The number of anilines is 2. The van der Waals surface area contributed by atoms with Crippen LogP contribution in [-0.4, -0.2) is 27.4 Å². The van der Waals surface area contributed by atoms with E-state index in [0.717, 1.165) is 16.8 Å². The molecule has 0 aliphatic carbocycles. The Hall–Kier alpha value is -3.35. The van der Waals surface area contributed by atoms with Crippen LogP contribution < -0.4 is 10.6 Å². The molecular formula is C19H18FN5O. The normalized spacial score (nSPS) is 10.4. The number of aryl methyl sites for hydroxylation is 2. The number of aromatic nitrogens is 3. The van der Waals surface area contributed by atoms with Crippen molar-refractivity contribution in [3.05, 3.63) is 65.9 Å². The molecule has 0 radical (unpaired) electrons. The van der Waals surface area contributed by atoms with Crippen molar-refractivity contribution in [2.75, 3.05) is 17.2 Å². The Balaban J connectivity index is 1.67. The molecule has 0 saturated heterocycles. The summed E-state index contributed by atoms with van der Waals surface area (Å²) in [6.45, 7) is 3.58. The number of benzene rings is 1. The lowest BCUT2D eigenvalue weighted by atomic mass is 10.2. The van der Waals surface area contributed by atoms with Crippen molar-refractivity contribution in [1.29, 1.82) is 0 Å². The molecule has 6 nitrogen and oxygen atoms in total. The lowest BCUT2D eigenvalue weighted by Gasteiger charge is -2.10. The maximum atomic E-state index is 13.8. The van der Waals surface area contributed by atoms with E-state index in [-0.39, 0.29) is 18.1 Å². The van der Waals surface area contributed by atoms with Gasteiger partial charge in [0.15, 0.2) is 5.82 Å². The summed E-state index contributed by atoms with van der Waals surface area (Å²) in [5.74, 6) is 0.198. The van der Waals surface area contributed by atoms with Crippen LogP contribution in [0.2, 0.25) is 0 Å². The van der Waals surface area contributed by atoms with Gasteiger partial charge in [0.2, 0.25) is 5.91 Å². The Labute approximate surface area is 150 Å². The third-order valence-corrected chi connectivity index (χ3v) is 3.60. The highest BCUT2D eigenvalue weighted by Gasteiger charge is 2.09. The van der Waals surface area contributed by atoms with E-state index in [0.29, 0.717) is 11.6 Å². The first-order valence-corrected chi connectivity index (χ1v) is 8.07. The van der Waals surface area contributed by atoms with Gasteiger partial charge in [-0.15, -0.1) is 0 Å². The highest BCUT2D eigenvalue weighted by molar-refractivity contribution is 5.93. The molecule has 2 aromatic heterocycles. The molecule has 3 rings (SSSR count). The van der Waals surface area contributed by atoms with Crippen molar-refractivity contribution in [1.82, 2.24) is 15.0 Å². The van der Waals surface area contributed by atoms with Crippen LogP contribution in [0.25, 0.3) is 11.4 Å².